The van der Waals surface area contributed by atoms with Crippen LogP contribution in [0.2, 0.25) is 0 Å². The molecule has 0 spiro atoms. The van der Waals surface area contributed by atoms with E-state index in [9.17, 15) is 19.6 Å². The van der Waals surface area contributed by atoms with Crippen LogP contribution >= 0.6 is 0 Å². The van der Waals surface area contributed by atoms with Gasteiger partial charge in [-0.25, -0.2) is 9.97 Å². The molecule has 2 aromatic carbocycles. The molecule has 1 aliphatic heterocycles. The predicted octanol–water partition coefficient (Wildman–Crippen LogP) is 4.05. The molecule has 0 bridgehead atoms. The van der Waals surface area contributed by atoms with Gasteiger partial charge in [0.05, 0.1) is 46.7 Å². The maximum absolute atomic E-state index is 13.7. The Morgan fingerprint density at radius 2 is 1.55 bits per heavy atom. The molecule has 0 aliphatic carbocycles. The Morgan fingerprint density at radius 3 is 2.18 bits per heavy atom. The lowest BCUT2D eigenvalue weighted by atomic mass is 10.1. The molecule has 18 nitrogen and oxygen atoms in total. The number of imidazole rings is 2. The number of hydrogen-bond acceptors (Lipinski definition) is 11. The van der Waals surface area contributed by atoms with Crippen molar-refractivity contribution in [2.45, 2.75) is 72.6 Å². The number of carbonyl (C=O) groups is 3. The first-order valence-electron chi connectivity index (χ1n) is 18.5. The average Bonchev–Trinajstić information content (AvgIpc) is 3.95. The van der Waals surface area contributed by atoms with Crippen LogP contribution in [0.5, 0.6) is 11.5 Å². The van der Waals surface area contributed by atoms with Gasteiger partial charge in [0.25, 0.3) is 11.8 Å². The van der Waals surface area contributed by atoms with Gasteiger partial charge >= 0.3 is 0 Å². The highest BCUT2D eigenvalue weighted by molar-refractivity contribution is 6.05. The van der Waals surface area contributed by atoms with Crippen molar-refractivity contribution in [3.8, 4) is 17.6 Å². The van der Waals surface area contributed by atoms with E-state index in [-0.39, 0.29) is 36.7 Å². The maximum atomic E-state index is 13.7. The summed E-state index contributed by atoms with van der Waals surface area (Å²) in [5, 5.41) is 24.5. The van der Waals surface area contributed by atoms with Crippen LogP contribution < -0.4 is 31.6 Å². The Bertz CT molecular complexity index is 2540. The zero-order valence-electron chi connectivity index (χ0n) is 31.6. The number of anilines is 2. The van der Waals surface area contributed by atoms with Crippen molar-refractivity contribution < 1.29 is 23.9 Å². The SMILES string of the molecule is CCn1nc(C)cc1C(=O)Nc1nc2cc(C(N)=O)cc(OCCCN)c2n1CCC[C@H]1COc2cc(C#N)cc3nc(NC(=O)c4cc(C)nn4CC)n1c23. The number of amides is 3. The first-order chi connectivity index (χ1) is 27.0. The van der Waals surface area contributed by atoms with Crippen LogP contribution in [0.4, 0.5) is 11.9 Å². The molecule has 5 heterocycles. The number of nitriles is 1. The van der Waals surface area contributed by atoms with E-state index in [1.807, 2.05) is 36.8 Å². The van der Waals surface area contributed by atoms with Gasteiger partial charge in [0, 0.05) is 31.3 Å². The largest absolute Gasteiger partial charge is 0.491 e. The third-order valence-electron chi connectivity index (χ3n) is 9.61. The van der Waals surface area contributed by atoms with Crippen molar-refractivity contribution in [3.05, 3.63) is 70.3 Å². The average molecular weight is 762 g/mol. The lowest BCUT2D eigenvalue weighted by Gasteiger charge is -2.27. The van der Waals surface area contributed by atoms with Crippen molar-refractivity contribution in [3.63, 3.8) is 0 Å². The van der Waals surface area contributed by atoms with Crippen LogP contribution in [-0.4, -0.2) is 76.1 Å². The third kappa shape index (κ3) is 7.11. The Kier molecular flexibility index (Phi) is 10.4. The van der Waals surface area contributed by atoms with Crippen molar-refractivity contribution in [2.24, 2.45) is 11.5 Å². The number of carbonyl (C=O) groups excluding carboxylic acids is 3. The van der Waals surface area contributed by atoms with Gasteiger partial charge in [0.2, 0.25) is 17.8 Å². The van der Waals surface area contributed by atoms with Gasteiger partial charge < -0.3 is 30.1 Å². The molecule has 0 radical (unpaired) electrons. The number of nitrogens with two attached hydrogens (primary N) is 2. The number of benzene rings is 2. The summed E-state index contributed by atoms with van der Waals surface area (Å²) in [6.45, 7) is 9.73. The van der Waals surface area contributed by atoms with Gasteiger partial charge in [-0.15, -0.1) is 0 Å². The second kappa shape index (κ2) is 15.5. The van der Waals surface area contributed by atoms with E-state index in [1.165, 1.54) is 0 Å². The zero-order valence-corrected chi connectivity index (χ0v) is 31.6. The van der Waals surface area contributed by atoms with Gasteiger partial charge in [0.15, 0.2) is 0 Å². The van der Waals surface area contributed by atoms with Crippen molar-refractivity contribution in [1.82, 2.24) is 38.7 Å². The number of nitrogens with one attached hydrogen (secondary N) is 2. The van der Waals surface area contributed by atoms with E-state index in [1.54, 1.807) is 45.8 Å². The molecule has 0 saturated heterocycles. The molecule has 0 unspecified atom stereocenters. The maximum Gasteiger partial charge on any atom is 0.276 e. The van der Waals surface area contributed by atoms with E-state index in [4.69, 9.17) is 30.9 Å². The molecule has 18 heteroatoms. The highest BCUT2D eigenvalue weighted by Gasteiger charge is 2.30. The number of nitrogens with zero attached hydrogens (tertiary/aromatic N) is 9. The van der Waals surface area contributed by atoms with Crippen LogP contribution in [0.3, 0.4) is 0 Å². The minimum Gasteiger partial charge on any atom is -0.491 e. The molecular formula is C38H43N13O5. The number of hydrogen-bond donors (Lipinski definition) is 4. The fraction of sp³-hybridized carbons (Fsp3) is 0.368. The van der Waals surface area contributed by atoms with Gasteiger partial charge in [-0.05, 0) is 83.8 Å². The van der Waals surface area contributed by atoms with Crippen molar-refractivity contribution >= 4 is 51.7 Å². The minimum atomic E-state index is -0.652. The van der Waals surface area contributed by atoms with Crippen molar-refractivity contribution in [1.29, 1.82) is 5.26 Å². The summed E-state index contributed by atoms with van der Waals surface area (Å²) in [5.74, 6) is 0.00346. The number of aryl methyl sites for hydroxylation is 5. The van der Waals surface area contributed by atoms with Crippen LogP contribution in [0.1, 0.15) is 87.4 Å². The summed E-state index contributed by atoms with van der Waals surface area (Å²) in [6.07, 6.45) is 1.64. The number of fused-ring (bicyclic) bond motifs is 1. The van der Waals surface area contributed by atoms with E-state index in [0.717, 1.165) is 0 Å². The van der Waals surface area contributed by atoms with E-state index < -0.39 is 11.8 Å². The first kappa shape index (κ1) is 37.6. The number of rotatable bonds is 15. The molecule has 56 heavy (non-hydrogen) atoms. The Morgan fingerprint density at radius 1 is 0.911 bits per heavy atom. The van der Waals surface area contributed by atoms with Crippen LogP contribution in [-0.2, 0) is 19.6 Å². The van der Waals surface area contributed by atoms with Crippen LogP contribution in [0.25, 0.3) is 22.1 Å². The highest BCUT2D eigenvalue weighted by Crippen LogP contribution is 2.39. The van der Waals surface area contributed by atoms with Gasteiger partial charge in [-0.1, -0.05) is 0 Å². The monoisotopic (exact) mass is 761 g/mol. The van der Waals surface area contributed by atoms with E-state index in [2.05, 4.69) is 26.9 Å². The van der Waals surface area contributed by atoms with Crippen LogP contribution in [0, 0.1) is 25.2 Å². The van der Waals surface area contributed by atoms with Gasteiger partial charge in [-0.3, -0.25) is 34.4 Å². The van der Waals surface area contributed by atoms with Gasteiger partial charge in [-0.2, -0.15) is 15.5 Å². The zero-order chi connectivity index (χ0) is 39.7. The lowest BCUT2D eigenvalue weighted by molar-refractivity contribution is 0.0994. The normalized spacial score (nSPS) is 13.5. The number of primary amides is 1. The molecule has 7 rings (SSSR count). The highest BCUT2D eigenvalue weighted by atomic mass is 16.5. The van der Waals surface area contributed by atoms with Gasteiger partial charge in [0.1, 0.15) is 40.5 Å². The summed E-state index contributed by atoms with van der Waals surface area (Å²) in [6, 6.07) is 11.8. The molecular weight excluding hydrogens is 719 g/mol. The fourth-order valence-corrected chi connectivity index (χ4v) is 7.10. The second-order valence-corrected chi connectivity index (χ2v) is 13.5. The molecule has 3 amide bonds. The topological polar surface area (TPSA) is 241 Å². The molecule has 1 atom stereocenters. The smallest absolute Gasteiger partial charge is 0.276 e. The molecule has 4 aromatic heterocycles. The van der Waals surface area contributed by atoms with E-state index in [0.29, 0.717) is 113 Å². The summed E-state index contributed by atoms with van der Waals surface area (Å²) in [4.78, 5) is 49.2. The Labute approximate surface area is 321 Å². The van der Waals surface area contributed by atoms with Crippen molar-refractivity contribution in [2.75, 3.05) is 30.4 Å². The number of ether oxygens (including phenoxy) is 2. The number of aromatic nitrogens is 8. The molecule has 290 valence electrons. The molecule has 0 fully saturated rings. The predicted molar refractivity (Wildman–Crippen MR) is 207 cm³/mol. The van der Waals surface area contributed by atoms with Crippen LogP contribution in [0.15, 0.2) is 36.4 Å². The summed E-state index contributed by atoms with van der Waals surface area (Å²) >= 11 is 0. The lowest BCUT2D eigenvalue weighted by Crippen LogP contribution is -2.26. The second-order valence-electron chi connectivity index (χ2n) is 13.5. The summed E-state index contributed by atoms with van der Waals surface area (Å²) in [5.41, 5.74) is 16.4. The Balaban J connectivity index is 1.24. The van der Waals surface area contributed by atoms with E-state index >= 15 is 0 Å². The minimum absolute atomic E-state index is 0.205. The quantitative estimate of drug-likeness (QED) is 0.109. The Hall–Kier alpha value is -6.74. The summed E-state index contributed by atoms with van der Waals surface area (Å²) < 4.78 is 19.4. The molecule has 6 N–H and O–H groups in total. The summed E-state index contributed by atoms with van der Waals surface area (Å²) in [7, 11) is 0. The first-order valence-corrected chi connectivity index (χ1v) is 18.5. The fourth-order valence-electron chi connectivity index (χ4n) is 7.10. The molecule has 0 saturated carbocycles. The molecule has 1 aliphatic rings. The standard InChI is InChI=1S/C38H43N13O5/c1-5-49-28(13-21(3)46-49)35(53)44-37-42-27-17-24(34(41)52)18-31(55-12-8-10-39)32(27)48(37)11-7-9-25-20-56-30-16-23(19-40)15-26-33(30)51(25)38(43-26)45-36(54)29-14-22(4)47-50(29)6-2/h13-18,25H,5-12,20,39H2,1-4H3,(H2,41,52)(H,42,44,53)(H,43,45,54)/t25-/m0/s1. The third-order valence-corrected chi connectivity index (χ3v) is 9.61. The molecule has 6 aromatic rings.